The maximum Gasteiger partial charge on any atom is 0.151 e. The number of rotatable bonds is 6. The molecule has 1 aliphatic rings. The molecule has 0 aliphatic heterocycles. The fourth-order valence-corrected chi connectivity index (χ4v) is 4.36. The van der Waals surface area contributed by atoms with E-state index in [4.69, 9.17) is 21.4 Å². The third kappa shape index (κ3) is 3.63. The van der Waals surface area contributed by atoms with Gasteiger partial charge in [-0.2, -0.15) is 0 Å². The first-order chi connectivity index (χ1) is 13.7. The van der Waals surface area contributed by atoms with Gasteiger partial charge in [-0.1, -0.05) is 37.6 Å². The van der Waals surface area contributed by atoms with Crippen molar-refractivity contribution in [1.29, 1.82) is 0 Å². The zero-order chi connectivity index (χ0) is 19.5. The van der Waals surface area contributed by atoms with Gasteiger partial charge in [-0.25, -0.2) is 9.97 Å². The van der Waals surface area contributed by atoms with Crippen molar-refractivity contribution in [3.05, 3.63) is 52.5 Å². The number of imidazole rings is 1. The van der Waals surface area contributed by atoms with E-state index in [0.29, 0.717) is 12.4 Å². The molecule has 0 spiro atoms. The minimum atomic E-state index is 0.589. The largest absolute Gasteiger partial charge is 0.382 e. The summed E-state index contributed by atoms with van der Waals surface area (Å²) in [7, 11) is 0. The first kappa shape index (κ1) is 18.9. The lowest BCUT2D eigenvalue weighted by Gasteiger charge is -2.14. The summed E-state index contributed by atoms with van der Waals surface area (Å²) in [5.41, 5.74) is 19.3. The summed E-state index contributed by atoms with van der Waals surface area (Å²) in [6.07, 6.45) is 8.83. The lowest BCUT2D eigenvalue weighted by atomic mass is 10.1. The lowest BCUT2D eigenvalue weighted by Crippen LogP contribution is -2.09. The van der Waals surface area contributed by atoms with Crippen molar-refractivity contribution in [3.63, 3.8) is 0 Å². The number of fused-ring (bicyclic) bond motifs is 3. The molecule has 2 aromatic heterocycles. The Morgan fingerprint density at radius 2 is 1.71 bits per heavy atom. The molecule has 4 rings (SSSR count). The second-order valence-corrected chi connectivity index (χ2v) is 7.88. The normalized spacial score (nSPS) is 14.2. The molecular formula is C23H31N5. The van der Waals surface area contributed by atoms with E-state index < -0.39 is 0 Å². The van der Waals surface area contributed by atoms with E-state index in [1.165, 1.54) is 47.2 Å². The van der Waals surface area contributed by atoms with Crippen molar-refractivity contribution in [3.8, 4) is 0 Å². The number of pyridine rings is 1. The number of benzene rings is 1. The Bertz CT molecular complexity index is 956. The molecule has 5 nitrogen and oxygen atoms in total. The molecule has 0 bridgehead atoms. The van der Waals surface area contributed by atoms with Gasteiger partial charge in [0.2, 0.25) is 0 Å². The minimum absolute atomic E-state index is 0.589. The van der Waals surface area contributed by atoms with E-state index in [1.54, 1.807) is 0 Å². The Kier molecular flexibility index (Phi) is 5.62. The van der Waals surface area contributed by atoms with Gasteiger partial charge in [0, 0.05) is 25.2 Å². The number of aromatic nitrogens is 3. The van der Waals surface area contributed by atoms with Gasteiger partial charge in [-0.05, 0) is 55.2 Å². The first-order valence-electron chi connectivity index (χ1n) is 10.7. The molecular weight excluding hydrogens is 346 g/mol. The smallest absolute Gasteiger partial charge is 0.151 e. The van der Waals surface area contributed by atoms with Crippen molar-refractivity contribution in [2.24, 2.45) is 5.73 Å². The van der Waals surface area contributed by atoms with Gasteiger partial charge in [0.25, 0.3) is 0 Å². The van der Waals surface area contributed by atoms with Crippen LogP contribution >= 0.6 is 0 Å². The molecule has 0 radical (unpaired) electrons. The second kappa shape index (κ2) is 8.31. The molecule has 28 heavy (non-hydrogen) atoms. The fraction of sp³-hybridized carbons (Fsp3) is 0.478. The molecule has 4 N–H and O–H groups in total. The van der Waals surface area contributed by atoms with Gasteiger partial charge < -0.3 is 16.0 Å². The predicted molar refractivity (Wildman–Crippen MR) is 115 cm³/mol. The third-order valence-corrected chi connectivity index (χ3v) is 5.88. The van der Waals surface area contributed by atoms with E-state index >= 15 is 0 Å². The van der Waals surface area contributed by atoms with Gasteiger partial charge in [0.15, 0.2) is 5.82 Å². The highest BCUT2D eigenvalue weighted by atomic mass is 15.1. The Morgan fingerprint density at radius 1 is 0.964 bits per heavy atom. The van der Waals surface area contributed by atoms with Crippen LogP contribution < -0.4 is 11.5 Å². The Balaban J connectivity index is 1.75. The van der Waals surface area contributed by atoms with Crippen LogP contribution in [0.5, 0.6) is 0 Å². The molecule has 148 valence electrons. The van der Waals surface area contributed by atoms with Crippen LogP contribution in [0, 0.1) is 0 Å². The van der Waals surface area contributed by atoms with Gasteiger partial charge in [0.05, 0.1) is 5.52 Å². The predicted octanol–water partition coefficient (Wildman–Crippen LogP) is 3.94. The standard InChI is InChI=1S/C23H31N5/c1-2-6-20-27-21-22(18-7-4-3-5-8-19(18)26-23(21)25)28(20)14-13-16-9-11-17(15-24)12-10-16/h9-12H,2-8,13-15,24H2,1H3,(H2,25,26). The molecule has 0 saturated heterocycles. The van der Waals surface area contributed by atoms with Crippen molar-refractivity contribution in [2.45, 2.75) is 71.4 Å². The number of aryl methyl sites for hydroxylation is 5. The van der Waals surface area contributed by atoms with E-state index in [9.17, 15) is 0 Å². The quantitative estimate of drug-likeness (QED) is 0.638. The van der Waals surface area contributed by atoms with E-state index in [-0.39, 0.29) is 0 Å². The molecule has 0 amide bonds. The number of hydrogen-bond donors (Lipinski definition) is 2. The van der Waals surface area contributed by atoms with Gasteiger partial charge in [-0.15, -0.1) is 0 Å². The third-order valence-electron chi connectivity index (χ3n) is 5.88. The summed E-state index contributed by atoms with van der Waals surface area (Å²) in [4.78, 5) is 9.68. The van der Waals surface area contributed by atoms with Crippen LogP contribution in [-0.2, 0) is 38.8 Å². The number of nitrogens with two attached hydrogens (primary N) is 2. The van der Waals surface area contributed by atoms with Crippen molar-refractivity contribution >= 4 is 16.9 Å². The number of nitrogen functional groups attached to an aromatic ring is 1. The molecule has 1 aromatic carbocycles. The van der Waals surface area contributed by atoms with E-state index in [2.05, 4.69) is 35.8 Å². The average molecular weight is 378 g/mol. The molecule has 3 aromatic rings. The van der Waals surface area contributed by atoms with Crippen LogP contribution in [0.2, 0.25) is 0 Å². The van der Waals surface area contributed by atoms with Gasteiger partial charge in [0.1, 0.15) is 11.3 Å². The van der Waals surface area contributed by atoms with Crippen LogP contribution in [0.25, 0.3) is 11.0 Å². The van der Waals surface area contributed by atoms with Crippen molar-refractivity contribution in [2.75, 3.05) is 5.73 Å². The summed E-state index contributed by atoms with van der Waals surface area (Å²) >= 11 is 0. The second-order valence-electron chi connectivity index (χ2n) is 7.88. The molecule has 0 fully saturated rings. The molecule has 0 atom stereocenters. The Morgan fingerprint density at radius 3 is 2.46 bits per heavy atom. The fourth-order valence-electron chi connectivity index (χ4n) is 4.36. The average Bonchev–Trinajstić information content (AvgIpc) is 2.90. The molecule has 1 aliphatic carbocycles. The van der Waals surface area contributed by atoms with Crippen LogP contribution in [0.15, 0.2) is 24.3 Å². The van der Waals surface area contributed by atoms with Crippen molar-refractivity contribution < 1.29 is 0 Å². The van der Waals surface area contributed by atoms with E-state index in [1.807, 2.05) is 0 Å². The summed E-state index contributed by atoms with van der Waals surface area (Å²) < 4.78 is 2.43. The summed E-state index contributed by atoms with van der Waals surface area (Å²) in [6, 6.07) is 8.64. The topological polar surface area (TPSA) is 82.8 Å². The summed E-state index contributed by atoms with van der Waals surface area (Å²) in [5.74, 6) is 1.74. The zero-order valence-corrected chi connectivity index (χ0v) is 16.9. The monoisotopic (exact) mass is 377 g/mol. The Labute approximate surface area is 167 Å². The Hall–Kier alpha value is -2.40. The van der Waals surface area contributed by atoms with Crippen LogP contribution in [-0.4, -0.2) is 14.5 Å². The van der Waals surface area contributed by atoms with Crippen molar-refractivity contribution in [1.82, 2.24) is 14.5 Å². The molecule has 2 heterocycles. The maximum atomic E-state index is 6.35. The first-order valence-corrected chi connectivity index (χ1v) is 10.7. The van der Waals surface area contributed by atoms with E-state index in [0.717, 1.165) is 50.0 Å². The summed E-state index contributed by atoms with van der Waals surface area (Å²) in [6.45, 7) is 3.71. The number of anilines is 1. The lowest BCUT2D eigenvalue weighted by molar-refractivity contribution is 0.655. The molecule has 5 heteroatoms. The minimum Gasteiger partial charge on any atom is -0.382 e. The van der Waals surface area contributed by atoms with Crippen LogP contribution in [0.3, 0.4) is 0 Å². The van der Waals surface area contributed by atoms with Crippen LogP contribution in [0.4, 0.5) is 5.82 Å². The zero-order valence-electron chi connectivity index (χ0n) is 16.9. The molecule has 0 saturated carbocycles. The summed E-state index contributed by atoms with van der Waals surface area (Å²) in [5, 5.41) is 0. The van der Waals surface area contributed by atoms with Gasteiger partial charge >= 0.3 is 0 Å². The highest BCUT2D eigenvalue weighted by Crippen LogP contribution is 2.31. The van der Waals surface area contributed by atoms with Crippen LogP contribution in [0.1, 0.15) is 60.8 Å². The number of nitrogens with zero attached hydrogens (tertiary/aromatic N) is 3. The highest BCUT2D eigenvalue weighted by Gasteiger charge is 2.21. The maximum absolute atomic E-state index is 6.35. The number of hydrogen-bond acceptors (Lipinski definition) is 4. The highest BCUT2D eigenvalue weighted by molar-refractivity contribution is 5.89. The SMILES string of the molecule is CCCc1nc2c(N)nc3c(c2n1CCc1ccc(CN)cc1)CCCCC3. The molecule has 0 unspecified atom stereocenters. The van der Waals surface area contributed by atoms with Gasteiger partial charge in [-0.3, -0.25) is 0 Å².